The number of anilines is 1. The lowest BCUT2D eigenvalue weighted by Gasteiger charge is -2.21. The largest absolute Gasteiger partial charge is 0.493 e. The minimum Gasteiger partial charge on any atom is -0.493 e. The fourth-order valence-electron chi connectivity index (χ4n) is 3.45. The predicted octanol–water partition coefficient (Wildman–Crippen LogP) is 3.71. The Kier molecular flexibility index (Phi) is 5.86. The summed E-state index contributed by atoms with van der Waals surface area (Å²) in [6.07, 6.45) is -0.537. The maximum Gasteiger partial charge on any atom is 0.416 e. The lowest BCUT2D eigenvalue weighted by atomic mass is 10.2. The fourth-order valence-corrected chi connectivity index (χ4v) is 4.14. The number of hydrogen-bond donors (Lipinski definition) is 0. The van der Waals surface area contributed by atoms with Gasteiger partial charge in [0.2, 0.25) is 0 Å². The van der Waals surface area contributed by atoms with Gasteiger partial charge in [-0.15, -0.1) is 11.3 Å². The Bertz CT molecular complexity index is 1050. The van der Waals surface area contributed by atoms with Crippen LogP contribution in [0.5, 0.6) is 5.75 Å². The van der Waals surface area contributed by atoms with E-state index in [2.05, 4.69) is 15.0 Å². The highest BCUT2D eigenvalue weighted by molar-refractivity contribution is 7.13. The highest BCUT2D eigenvalue weighted by Crippen LogP contribution is 2.31. The lowest BCUT2D eigenvalue weighted by molar-refractivity contribution is -0.137. The van der Waals surface area contributed by atoms with Crippen molar-refractivity contribution >= 4 is 22.4 Å². The molecule has 0 N–H and O–H groups in total. The Balaban J connectivity index is 1.56. The third-order valence-corrected chi connectivity index (χ3v) is 5.85. The van der Waals surface area contributed by atoms with Crippen molar-refractivity contribution in [2.75, 3.05) is 38.2 Å². The van der Waals surface area contributed by atoms with Gasteiger partial charge in [-0.05, 0) is 24.6 Å². The van der Waals surface area contributed by atoms with Gasteiger partial charge in [0.25, 0.3) is 5.91 Å². The van der Waals surface area contributed by atoms with Crippen LogP contribution in [0.3, 0.4) is 0 Å². The van der Waals surface area contributed by atoms with Crippen LogP contribution in [-0.2, 0) is 6.18 Å². The number of alkyl halides is 3. The van der Waals surface area contributed by atoms with Crippen molar-refractivity contribution in [3.8, 4) is 11.4 Å². The zero-order valence-electron chi connectivity index (χ0n) is 16.7. The molecular formula is C20H20F3N5O2S. The summed E-state index contributed by atoms with van der Waals surface area (Å²) in [6, 6.07) is 4.77. The number of benzene rings is 1. The highest BCUT2D eigenvalue weighted by Gasteiger charge is 2.31. The van der Waals surface area contributed by atoms with Crippen molar-refractivity contribution < 1.29 is 22.7 Å². The first-order valence-corrected chi connectivity index (χ1v) is 10.5. The fraction of sp³-hybridized carbons (Fsp3) is 0.350. The Labute approximate surface area is 180 Å². The summed E-state index contributed by atoms with van der Waals surface area (Å²) in [5, 5.41) is 7.09. The molecule has 3 aromatic rings. The minimum atomic E-state index is -4.47. The number of halogens is 3. The molecule has 1 saturated heterocycles. The van der Waals surface area contributed by atoms with E-state index in [0.717, 1.165) is 30.2 Å². The van der Waals surface area contributed by atoms with Crippen molar-refractivity contribution in [3.63, 3.8) is 0 Å². The molecule has 7 nitrogen and oxygen atoms in total. The molecule has 31 heavy (non-hydrogen) atoms. The molecule has 0 radical (unpaired) electrons. The number of hydrogen-bond acceptors (Lipinski definition) is 6. The molecule has 4 rings (SSSR count). The number of amides is 1. The van der Waals surface area contributed by atoms with Gasteiger partial charge in [-0.3, -0.25) is 4.79 Å². The third-order valence-electron chi connectivity index (χ3n) is 5.01. The maximum absolute atomic E-state index is 13.2. The number of ether oxygens (including phenoxy) is 1. The van der Waals surface area contributed by atoms with E-state index in [0.29, 0.717) is 19.6 Å². The molecule has 0 spiro atoms. The van der Waals surface area contributed by atoms with Gasteiger partial charge in [0.15, 0.2) is 16.6 Å². The average Bonchev–Trinajstić information content (AvgIpc) is 3.38. The summed E-state index contributed by atoms with van der Waals surface area (Å²) in [4.78, 5) is 21.3. The average molecular weight is 451 g/mol. The van der Waals surface area contributed by atoms with Crippen molar-refractivity contribution in [2.24, 2.45) is 0 Å². The van der Waals surface area contributed by atoms with Crippen LogP contribution < -0.4 is 9.64 Å². The van der Waals surface area contributed by atoms with E-state index in [1.807, 2.05) is 5.38 Å². The summed E-state index contributed by atoms with van der Waals surface area (Å²) < 4.78 is 45.7. The molecular weight excluding hydrogens is 431 g/mol. The number of rotatable bonds is 4. The van der Waals surface area contributed by atoms with Crippen LogP contribution in [0, 0.1) is 0 Å². The van der Waals surface area contributed by atoms with Crippen LogP contribution in [0.25, 0.3) is 5.69 Å². The van der Waals surface area contributed by atoms with Gasteiger partial charge in [0.05, 0.1) is 24.6 Å². The SMILES string of the molecule is COc1cn(-c2cccc(C(F)(F)F)c2)nc1C(=O)N1CCCN(c2nccs2)CC1. The number of nitrogens with zero attached hydrogens (tertiary/aromatic N) is 5. The summed E-state index contributed by atoms with van der Waals surface area (Å²) >= 11 is 1.55. The van der Waals surface area contributed by atoms with E-state index < -0.39 is 11.7 Å². The standard InChI is InChI=1S/C20H20F3N5O2S/c1-30-16-13-28(15-5-2-4-14(12-15)20(21,22)23)25-17(16)18(29)26-7-3-8-27(10-9-26)19-24-6-11-31-19/h2,4-6,11-13H,3,7-10H2,1H3. The van der Waals surface area contributed by atoms with E-state index in [1.165, 1.54) is 30.1 Å². The van der Waals surface area contributed by atoms with Crippen molar-refractivity contribution in [2.45, 2.75) is 12.6 Å². The second kappa shape index (κ2) is 8.58. The number of thiazole rings is 1. The van der Waals surface area contributed by atoms with E-state index in [9.17, 15) is 18.0 Å². The quantitative estimate of drug-likeness (QED) is 0.605. The van der Waals surface area contributed by atoms with Gasteiger partial charge in [-0.2, -0.15) is 18.3 Å². The van der Waals surface area contributed by atoms with Crippen molar-refractivity contribution in [1.29, 1.82) is 0 Å². The topological polar surface area (TPSA) is 63.5 Å². The number of aromatic nitrogens is 3. The van der Waals surface area contributed by atoms with Crippen LogP contribution in [0.2, 0.25) is 0 Å². The molecule has 1 aliphatic heterocycles. The van der Waals surface area contributed by atoms with Crippen LogP contribution in [0.15, 0.2) is 42.0 Å². The van der Waals surface area contributed by atoms with E-state index >= 15 is 0 Å². The van der Waals surface area contributed by atoms with Crippen molar-refractivity contribution in [1.82, 2.24) is 19.7 Å². The van der Waals surface area contributed by atoms with Crippen LogP contribution in [0.4, 0.5) is 18.3 Å². The Morgan fingerprint density at radius 2 is 2.03 bits per heavy atom. The van der Waals surface area contributed by atoms with Gasteiger partial charge in [0, 0.05) is 37.8 Å². The van der Waals surface area contributed by atoms with Crippen molar-refractivity contribution in [3.05, 3.63) is 53.3 Å². The summed E-state index contributed by atoms with van der Waals surface area (Å²) in [6.45, 7) is 2.45. The molecule has 0 bridgehead atoms. The number of carbonyl (C=O) groups is 1. The molecule has 0 atom stereocenters. The zero-order chi connectivity index (χ0) is 22.0. The first kappa shape index (κ1) is 21.2. The smallest absolute Gasteiger partial charge is 0.416 e. The Morgan fingerprint density at radius 1 is 1.19 bits per heavy atom. The molecule has 1 aliphatic rings. The molecule has 0 aliphatic carbocycles. The zero-order valence-corrected chi connectivity index (χ0v) is 17.5. The van der Waals surface area contributed by atoms with Gasteiger partial charge in [-0.25, -0.2) is 9.67 Å². The van der Waals surface area contributed by atoms with Gasteiger partial charge in [0.1, 0.15) is 0 Å². The molecule has 164 valence electrons. The molecule has 1 amide bonds. The second-order valence-electron chi connectivity index (χ2n) is 6.99. The summed E-state index contributed by atoms with van der Waals surface area (Å²) in [5.74, 6) is -0.105. The highest BCUT2D eigenvalue weighted by atomic mass is 32.1. The molecule has 2 aromatic heterocycles. The van der Waals surface area contributed by atoms with Crippen LogP contribution >= 0.6 is 11.3 Å². The van der Waals surface area contributed by atoms with Gasteiger partial charge in [-0.1, -0.05) is 6.07 Å². The summed E-state index contributed by atoms with van der Waals surface area (Å²) in [5.41, 5.74) is -0.525. The van der Waals surface area contributed by atoms with E-state index in [-0.39, 0.29) is 23.0 Å². The normalized spacial score (nSPS) is 15.1. The first-order chi connectivity index (χ1) is 14.9. The molecule has 1 fully saturated rings. The minimum absolute atomic E-state index is 0.0719. The summed E-state index contributed by atoms with van der Waals surface area (Å²) in [7, 11) is 1.40. The number of methoxy groups -OCH3 is 1. The maximum atomic E-state index is 13.2. The molecule has 11 heteroatoms. The van der Waals surface area contributed by atoms with Crippen LogP contribution in [-0.4, -0.2) is 58.9 Å². The molecule has 0 saturated carbocycles. The monoisotopic (exact) mass is 451 g/mol. The molecule has 3 heterocycles. The predicted molar refractivity (Wildman–Crippen MR) is 110 cm³/mol. The van der Waals surface area contributed by atoms with E-state index in [4.69, 9.17) is 4.74 Å². The lowest BCUT2D eigenvalue weighted by Crippen LogP contribution is -2.35. The second-order valence-corrected chi connectivity index (χ2v) is 7.86. The van der Waals surface area contributed by atoms with Crippen LogP contribution in [0.1, 0.15) is 22.5 Å². The molecule has 0 unspecified atom stereocenters. The first-order valence-electron chi connectivity index (χ1n) is 9.62. The Morgan fingerprint density at radius 3 is 2.74 bits per heavy atom. The number of carbonyl (C=O) groups excluding carboxylic acids is 1. The Hall–Kier alpha value is -3.08. The van der Waals surface area contributed by atoms with Gasteiger partial charge < -0.3 is 14.5 Å². The molecule has 1 aromatic carbocycles. The van der Waals surface area contributed by atoms with Gasteiger partial charge >= 0.3 is 6.18 Å². The third kappa shape index (κ3) is 4.50. The van der Waals surface area contributed by atoms with E-state index in [1.54, 1.807) is 22.4 Å².